The number of carbonyl (C=O) groups excluding carboxylic acids is 1. The smallest absolute Gasteiger partial charge is 0.294 e. The van der Waals surface area contributed by atoms with Crippen LogP contribution in [-0.4, -0.2) is 24.9 Å². The molecule has 1 aliphatic heterocycles. The van der Waals surface area contributed by atoms with Crippen LogP contribution < -0.4 is 5.32 Å². The zero-order chi connectivity index (χ0) is 13.7. The summed E-state index contributed by atoms with van der Waals surface area (Å²) in [5.74, 6) is -3.04. The van der Waals surface area contributed by atoms with Crippen molar-refractivity contribution in [3.05, 3.63) is 36.3 Å². The fourth-order valence-electron chi connectivity index (χ4n) is 1.44. The Labute approximate surface area is 112 Å². The molecule has 19 heavy (non-hydrogen) atoms. The lowest BCUT2D eigenvalue weighted by Crippen LogP contribution is -2.21. The van der Waals surface area contributed by atoms with Crippen molar-refractivity contribution in [2.75, 3.05) is 18.5 Å². The Bertz CT molecular complexity index is 494. The van der Waals surface area contributed by atoms with E-state index in [1.54, 1.807) is 18.2 Å². The maximum Gasteiger partial charge on any atom is 0.294 e. The first-order valence-electron chi connectivity index (χ1n) is 5.46. The molecule has 1 amide bonds. The molecule has 1 aromatic rings. The van der Waals surface area contributed by atoms with E-state index in [9.17, 15) is 13.6 Å². The molecule has 1 heterocycles. The summed E-state index contributed by atoms with van der Waals surface area (Å²) in [5.41, 5.74) is 0.313. The van der Waals surface area contributed by atoms with E-state index in [0.717, 1.165) is 0 Å². The highest BCUT2D eigenvalue weighted by atomic mass is 32.2. The Hall–Kier alpha value is -1.76. The van der Waals surface area contributed by atoms with Crippen molar-refractivity contribution in [2.45, 2.75) is 10.7 Å². The van der Waals surface area contributed by atoms with Gasteiger partial charge in [0.25, 0.3) is 11.7 Å². The summed E-state index contributed by atoms with van der Waals surface area (Å²) in [6, 6.07) is 6.34. The molecular weight excluding hydrogens is 276 g/mol. The zero-order valence-electron chi connectivity index (χ0n) is 9.77. The third kappa shape index (κ3) is 3.85. The van der Waals surface area contributed by atoms with E-state index in [2.05, 4.69) is 5.32 Å². The first-order valence-corrected chi connectivity index (χ1v) is 6.34. The highest BCUT2D eigenvalue weighted by Crippen LogP contribution is 2.31. The number of hydrogen-bond acceptors (Lipinski definition) is 4. The van der Waals surface area contributed by atoms with Crippen LogP contribution in [-0.2, 0) is 14.3 Å². The minimum Gasteiger partial charge on any atom is -0.494 e. The minimum absolute atomic E-state index is 0.0306. The molecule has 7 heteroatoms. The maximum atomic E-state index is 12.4. The second-order valence-corrected chi connectivity index (χ2v) is 4.56. The number of alkyl halides is 2. The van der Waals surface area contributed by atoms with Gasteiger partial charge in [-0.2, -0.15) is 8.78 Å². The highest BCUT2D eigenvalue weighted by molar-refractivity contribution is 7.99. The van der Waals surface area contributed by atoms with Crippen molar-refractivity contribution in [1.29, 1.82) is 0 Å². The van der Waals surface area contributed by atoms with Crippen LogP contribution in [0.3, 0.4) is 0 Å². The molecule has 0 radical (unpaired) electrons. The van der Waals surface area contributed by atoms with Gasteiger partial charge in [-0.25, -0.2) is 0 Å². The van der Waals surface area contributed by atoms with Crippen molar-refractivity contribution in [1.82, 2.24) is 0 Å². The van der Waals surface area contributed by atoms with Gasteiger partial charge in [0.15, 0.2) is 0 Å². The van der Waals surface area contributed by atoms with E-state index in [-0.39, 0.29) is 12.4 Å². The quantitative estimate of drug-likeness (QED) is 0.865. The van der Waals surface area contributed by atoms with Crippen LogP contribution in [0, 0.1) is 0 Å². The molecule has 0 bridgehead atoms. The molecule has 1 N–H and O–H groups in total. The number of halogens is 2. The summed E-state index contributed by atoms with van der Waals surface area (Å²) < 4.78 is 34.8. The standard InChI is InChI=1S/C12H11F2NO3S/c13-12(14)19-10-4-2-1-3-8(10)15-11(16)9-7-17-5-6-18-9/h1-4,7,12H,5-6H2,(H,15,16). The molecule has 0 unspecified atom stereocenters. The SMILES string of the molecule is O=C(Nc1ccccc1SC(F)F)C1=COCCO1. The summed E-state index contributed by atoms with van der Waals surface area (Å²) in [5, 5.41) is 2.52. The van der Waals surface area contributed by atoms with Crippen LogP contribution in [0.2, 0.25) is 0 Å². The van der Waals surface area contributed by atoms with Crippen LogP contribution in [0.5, 0.6) is 0 Å². The molecule has 0 spiro atoms. The van der Waals surface area contributed by atoms with Crippen molar-refractivity contribution in [2.24, 2.45) is 0 Å². The van der Waals surface area contributed by atoms with Gasteiger partial charge in [-0.3, -0.25) is 4.79 Å². The van der Waals surface area contributed by atoms with Crippen LogP contribution >= 0.6 is 11.8 Å². The van der Waals surface area contributed by atoms with Gasteiger partial charge >= 0.3 is 0 Å². The Morgan fingerprint density at radius 1 is 1.32 bits per heavy atom. The third-order valence-corrected chi connectivity index (χ3v) is 3.01. The lowest BCUT2D eigenvalue weighted by atomic mass is 10.3. The van der Waals surface area contributed by atoms with Crippen LogP contribution in [0.15, 0.2) is 41.2 Å². The molecule has 1 aliphatic rings. The lowest BCUT2D eigenvalue weighted by Gasteiger charge is -2.16. The molecular formula is C12H11F2NO3S. The topological polar surface area (TPSA) is 47.6 Å². The van der Waals surface area contributed by atoms with E-state index in [1.165, 1.54) is 12.3 Å². The average molecular weight is 287 g/mol. The molecule has 4 nitrogen and oxygen atoms in total. The number of carbonyl (C=O) groups is 1. The fourth-order valence-corrected chi connectivity index (χ4v) is 2.04. The van der Waals surface area contributed by atoms with Gasteiger partial charge in [0.2, 0.25) is 5.76 Å². The first kappa shape index (κ1) is 13.7. The molecule has 0 atom stereocenters. The normalized spacial score (nSPS) is 14.4. The third-order valence-electron chi connectivity index (χ3n) is 2.22. The van der Waals surface area contributed by atoms with Gasteiger partial charge in [0.1, 0.15) is 19.5 Å². The number of hydrogen-bond donors (Lipinski definition) is 1. The predicted molar refractivity (Wildman–Crippen MR) is 66.9 cm³/mol. The largest absolute Gasteiger partial charge is 0.494 e. The summed E-state index contributed by atoms with van der Waals surface area (Å²) in [4.78, 5) is 12.1. The minimum atomic E-state index is -2.55. The number of amides is 1. The summed E-state index contributed by atoms with van der Waals surface area (Å²) in [7, 11) is 0. The highest BCUT2D eigenvalue weighted by Gasteiger charge is 2.17. The van der Waals surface area contributed by atoms with Crippen LogP contribution in [0.4, 0.5) is 14.5 Å². The number of ether oxygens (including phenoxy) is 2. The number of nitrogens with one attached hydrogen (secondary N) is 1. The van der Waals surface area contributed by atoms with Crippen LogP contribution in [0.25, 0.3) is 0 Å². The molecule has 2 rings (SSSR count). The Balaban J connectivity index is 2.10. The summed E-state index contributed by atoms with van der Waals surface area (Å²) in [6.07, 6.45) is 1.21. The van der Waals surface area contributed by atoms with E-state index >= 15 is 0 Å². The fraction of sp³-hybridized carbons (Fsp3) is 0.250. The van der Waals surface area contributed by atoms with Crippen molar-refractivity contribution in [3.8, 4) is 0 Å². The van der Waals surface area contributed by atoms with Gasteiger partial charge in [-0.15, -0.1) is 0 Å². The molecule has 0 fully saturated rings. The van der Waals surface area contributed by atoms with E-state index < -0.39 is 11.7 Å². The van der Waals surface area contributed by atoms with Gasteiger partial charge in [-0.05, 0) is 12.1 Å². The Kier molecular flexibility index (Phi) is 4.62. The first-order chi connectivity index (χ1) is 9.16. The monoisotopic (exact) mass is 287 g/mol. The van der Waals surface area contributed by atoms with E-state index in [0.29, 0.717) is 29.0 Å². The van der Waals surface area contributed by atoms with Gasteiger partial charge in [-0.1, -0.05) is 23.9 Å². The lowest BCUT2D eigenvalue weighted by molar-refractivity contribution is -0.117. The molecule has 0 saturated heterocycles. The van der Waals surface area contributed by atoms with Crippen molar-refractivity contribution in [3.63, 3.8) is 0 Å². The number of thioether (sulfide) groups is 1. The second-order valence-electron chi connectivity index (χ2n) is 3.53. The Morgan fingerprint density at radius 2 is 2.11 bits per heavy atom. The van der Waals surface area contributed by atoms with Crippen molar-refractivity contribution >= 4 is 23.4 Å². The number of rotatable bonds is 4. The maximum absolute atomic E-state index is 12.4. The average Bonchev–Trinajstić information content (AvgIpc) is 2.41. The molecule has 0 saturated carbocycles. The number of benzene rings is 1. The Morgan fingerprint density at radius 3 is 2.79 bits per heavy atom. The van der Waals surface area contributed by atoms with Crippen molar-refractivity contribution < 1.29 is 23.0 Å². The molecule has 1 aromatic carbocycles. The van der Waals surface area contributed by atoms with E-state index in [4.69, 9.17) is 9.47 Å². The van der Waals surface area contributed by atoms with Gasteiger partial charge < -0.3 is 14.8 Å². The van der Waals surface area contributed by atoms with Crippen LogP contribution in [0.1, 0.15) is 0 Å². The summed E-state index contributed by atoms with van der Waals surface area (Å²) in [6.45, 7) is 0.668. The van der Waals surface area contributed by atoms with Gasteiger partial charge in [0, 0.05) is 4.90 Å². The molecule has 102 valence electrons. The predicted octanol–water partition coefficient (Wildman–Crippen LogP) is 2.83. The molecule has 0 aliphatic carbocycles. The number of anilines is 1. The zero-order valence-corrected chi connectivity index (χ0v) is 10.6. The van der Waals surface area contributed by atoms with Gasteiger partial charge in [0.05, 0.1) is 5.69 Å². The second kappa shape index (κ2) is 6.42. The molecule has 0 aromatic heterocycles. The van der Waals surface area contributed by atoms with E-state index in [1.807, 2.05) is 0 Å². The number of para-hydroxylation sites is 1. The summed E-state index contributed by atoms with van der Waals surface area (Å²) >= 11 is 0.374.